The molecule has 6 nitrogen and oxygen atoms in total. The Morgan fingerprint density at radius 2 is 1.40 bits per heavy atom. The zero-order valence-corrected chi connectivity index (χ0v) is 22.8. The molecule has 1 aliphatic heterocycles. The maximum atomic E-state index is 13.5. The molecule has 2 saturated carbocycles. The smallest absolute Gasteiger partial charge is 0.255 e. The molecule has 3 amide bonds. The first-order valence-corrected chi connectivity index (χ1v) is 14.0. The fourth-order valence-corrected chi connectivity index (χ4v) is 6.97. The molecule has 6 atom stereocenters. The van der Waals surface area contributed by atoms with Gasteiger partial charge >= 0.3 is 0 Å². The van der Waals surface area contributed by atoms with E-state index in [1.807, 2.05) is 12.1 Å². The summed E-state index contributed by atoms with van der Waals surface area (Å²) in [6, 6.07) is 22.0. The largest absolute Gasteiger partial charge is 0.457 e. The SMILES string of the molecule is CC(C)(C)c1ccc(Oc2ccc(NC(=O)c3cccc(N4C(=O)[C@@H]5[C@@H]6C=C[C@H]([C@H]7C[C@H]67)[C@@H]5C4=O)c3)cc2)cc1. The number of carbonyl (C=O) groups is 3. The van der Waals surface area contributed by atoms with Gasteiger partial charge in [0, 0.05) is 11.3 Å². The van der Waals surface area contributed by atoms with Crippen LogP contribution in [0.3, 0.4) is 0 Å². The highest BCUT2D eigenvalue weighted by Gasteiger charge is 2.67. The van der Waals surface area contributed by atoms with Crippen molar-refractivity contribution in [2.45, 2.75) is 32.6 Å². The van der Waals surface area contributed by atoms with Crippen molar-refractivity contribution >= 4 is 29.1 Å². The molecule has 0 radical (unpaired) electrons. The quantitative estimate of drug-likeness (QED) is 0.297. The van der Waals surface area contributed by atoms with Gasteiger partial charge < -0.3 is 10.1 Å². The van der Waals surface area contributed by atoms with Gasteiger partial charge in [-0.3, -0.25) is 14.4 Å². The molecule has 0 spiro atoms. The molecule has 3 fully saturated rings. The Balaban J connectivity index is 1.03. The Kier molecular flexibility index (Phi) is 5.53. The van der Waals surface area contributed by atoms with Crippen LogP contribution in [0.1, 0.15) is 43.1 Å². The van der Waals surface area contributed by atoms with Crippen LogP contribution >= 0.6 is 0 Å². The minimum Gasteiger partial charge on any atom is -0.457 e. The standard InChI is InChI=1S/C34H32N2O4/c1-34(2,3)20-7-11-23(12-8-20)40-24-13-9-21(10-14-24)35-31(37)19-5-4-6-22(17-19)36-32(38)29-25-15-16-26(28-18-27(25)28)30(29)33(36)39/h4-17,25-30H,18H2,1-3H3,(H,35,37)/t25-,26-,27-,28-,29-,30+/m1/s1. The molecule has 202 valence electrons. The average Bonchev–Trinajstić information content (AvgIpc) is 3.72. The molecule has 5 aliphatic rings. The molecule has 1 N–H and O–H groups in total. The lowest BCUT2D eigenvalue weighted by molar-refractivity contribution is -0.124. The van der Waals surface area contributed by atoms with Gasteiger partial charge in [-0.2, -0.15) is 0 Å². The van der Waals surface area contributed by atoms with Gasteiger partial charge in [-0.15, -0.1) is 0 Å². The van der Waals surface area contributed by atoms with Gasteiger partial charge in [-0.1, -0.05) is 51.1 Å². The van der Waals surface area contributed by atoms with Crippen LogP contribution in [0, 0.1) is 35.5 Å². The molecule has 0 aromatic heterocycles. The van der Waals surface area contributed by atoms with Gasteiger partial charge in [-0.05, 0) is 95.7 Å². The van der Waals surface area contributed by atoms with Crippen molar-refractivity contribution in [3.05, 3.63) is 96.1 Å². The van der Waals surface area contributed by atoms with Gasteiger partial charge in [0.1, 0.15) is 11.5 Å². The van der Waals surface area contributed by atoms with Crippen molar-refractivity contribution in [3.63, 3.8) is 0 Å². The second-order valence-corrected chi connectivity index (χ2v) is 12.6. The van der Waals surface area contributed by atoms with Crippen LogP contribution in [0.15, 0.2) is 84.9 Å². The lowest BCUT2D eigenvalue weighted by atomic mass is 9.63. The summed E-state index contributed by atoms with van der Waals surface area (Å²) in [7, 11) is 0. The number of hydrogen-bond donors (Lipinski definition) is 1. The second-order valence-electron chi connectivity index (χ2n) is 12.6. The Hall–Kier alpha value is -4.19. The highest BCUT2D eigenvalue weighted by atomic mass is 16.5. The molecule has 3 aromatic rings. The molecule has 40 heavy (non-hydrogen) atoms. The monoisotopic (exact) mass is 532 g/mol. The lowest BCUT2D eigenvalue weighted by Gasteiger charge is -2.37. The Morgan fingerprint density at radius 3 is 1.98 bits per heavy atom. The lowest BCUT2D eigenvalue weighted by Crippen LogP contribution is -2.40. The first-order chi connectivity index (χ1) is 19.2. The van der Waals surface area contributed by atoms with Crippen LogP contribution in [0.4, 0.5) is 11.4 Å². The third kappa shape index (κ3) is 4.05. The van der Waals surface area contributed by atoms with Crippen LogP contribution in [0.2, 0.25) is 0 Å². The molecular weight excluding hydrogens is 500 g/mol. The van der Waals surface area contributed by atoms with Crippen LogP contribution < -0.4 is 15.0 Å². The fourth-order valence-electron chi connectivity index (χ4n) is 6.97. The maximum Gasteiger partial charge on any atom is 0.255 e. The van der Waals surface area contributed by atoms with E-state index in [1.165, 1.54) is 10.5 Å². The number of imide groups is 1. The van der Waals surface area contributed by atoms with Gasteiger partial charge in [0.05, 0.1) is 17.5 Å². The van der Waals surface area contributed by atoms with E-state index in [4.69, 9.17) is 4.74 Å². The van der Waals surface area contributed by atoms with E-state index in [9.17, 15) is 14.4 Å². The van der Waals surface area contributed by atoms with E-state index in [2.05, 4.69) is 50.4 Å². The normalized spacial score (nSPS) is 27.8. The third-order valence-electron chi connectivity index (χ3n) is 9.10. The summed E-state index contributed by atoms with van der Waals surface area (Å²) < 4.78 is 5.97. The van der Waals surface area contributed by atoms with Crippen LogP contribution in [-0.4, -0.2) is 17.7 Å². The first kappa shape index (κ1) is 24.8. The number of allylic oxidation sites excluding steroid dienone is 2. The molecule has 4 aliphatic carbocycles. The zero-order valence-electron chi connectivity index (χ0n) is 22.8. The Morgan fingerprint density at radius 1 is 0.825 bits per heavy atom. The number of nitrogens with one attached hydrogen (secondary N) is 1. The summed E-state index contributed by atoms with van der Waals surface area (Å²) in [6.45, 7) is 6.52. The number of rotatable bonds is 5. The van der Waals surface area contributed by atoms with Crippen molar-refractivity contribution in [3.8, 4) is 11.5 Å². The zero-order chi connectivity index (χ0) is 27.8. The summed E-state index contributed by atoms with van der Waals surface area (Å²) in [5.74, 6) is 1.76. The van der Waals surface area contributed by atoms with Gasteiger partial charge in [-0.25, -0.2) is 4.90 Å². The number of amides is 3. The van der Waals surface area contributed by atoms with E-state index >= 15 is 0 Å². The van der Waals surface area contributed by atoms with E-state index < -0.39 is 0 Å². The predicted octanol–water partition coefficient (Wildman–Crippen LogP) is 6.59. The number of benzene rings is 3. The molecule has 1 saturated heterocycles. The molecule has 8 rings (SSSR count). The van der Waals surface area contributed by atoms with E-state index in [0.717, 1.165) is 12.2 Å². The molecule has 3 aromatic carbocycles. The van der Waals surface area contributed by atoms with E-state index in [-0.39, 0.29) is 46.8 Å². The van der Waals surface area contributed by atoms with Crippen molar-refractivity contribution in [1.82, 2.24) is 0 Å². The van der Waals surface area contributed by atoms with Gasteiger partial charge in [0.25, 0.3) is 5.91 Å². The Labute approximate surface area is 234 Å². The fraction of sp³-hybridized carbons (Fsp3) is 0.324. The average molecular weight is 533 g/mol. The van der Waals surface area contributed by atoms with Gasteiger partial charge in [0.2, 0.25) is 11.8 Å². The number of anilines is 2. The third-order valence-corrected chi connectivity index (χ3v) is 9.10. The van der Waals surface area contributed by atoms with Crippen LogP contribution in [-0.2, 0) is 15.0 Å². The Bertz CT molecular complexity index is 1510. The summed E-state index contributed by atoms with van der Waals surface area (Å²) in [5.41, 5.74) is 2.78. The summed E-state index contributed by atoms with van der Waals surface area (Å²) in [5, 5.41) is 2.91. The summed E-state index contributed by atoms with van der Waals surface area (Å²) in [4.78, 5) is 41.3. The van der Waals surface area contributed by atoms with Crippen LogP contribution in [0.25, 0.3) is 0 Å². The van der Waals surface area contributed by atoms with Crippen LogP contribution in [0.5, 0.6) is 11.5 Å². The first-order valence-electron chi connectivity index (χ1n) is 14.0. The maximum absolute atomic E-state index is 13.5. The minimum absolute atomic E-state index is 0.0766. The van der Waals surface area contributed by atoms with Crippen molar-refractivity contribution in [1.29, 1.82) is 0 Å². The van der Waals surface area contributed by atoms with E-state index in [0.29, 0.717) is 34.5 Å². The number of hydrogen-bond acceptors (Lipinski definition) is 4. The summed E-state index contributed by atoms with van der Waals surface area (Å²) in [6.07, 6.45) is 5.46. The number of carbonyl (C=O) groups excluding carboxylic acids is 3. The molecule has 2 bridgehead atoms. The molecular formula is C34H32N2O4. The second kappa shape index (κ2) is 8.91. The summed E-state index contributed by atoms with van der Waals surface area (Å²) >= 11 is 0. The number of nitrogens with zero attached hydrogens (tertiary/aromatic N) is 1. The minimum atomic E-state index is -0.312. The molecule has 1 heterocycles. The van der Waals surface area contributed by atoms with E-state index in [1.54, 1.807) is 48.5 Å². The predicted molar refractivity (Wildman–Crippen MR) is 153 cm³/mol. The highest BCUT2D eigenvalue weighted by Crippen LogP contribution is 2.65. The highest BCUT2D eigenvalue weighted by molar-refractivity contribution is 6.23. The van der Waals surface area contributed by atoms with Crippen molar-refractivity contribution in [2.24, 2.45) is 35.5 Å². The topological polar surface area (TPSA) is 75.7 Å². The van der Waals surface area contributed by atoms with Crippen molar-refractivity contribution < 1.29 is 19.1 Å². The number of ether oxygens (including phenoxy) is 1. The molecule has 0 unspecified atom stereocenters. The van der Waals surface area contributed by atoms with Gasteiger partial charge in [0.15, 0.2) is 0 Å². The molecule has 6 heteroatoms. The van der Waals surface area contributed by atoms with Crippen molar-refractivity contribution in [2.75, 3.05) is 10.2 Å².